The van der Waals surface area contributed by atoms with Crippen molar-refractivity contribution in [2.24, 2.45) is 0 Å². The summed E-state index contributed by atoms with van der Waals surface area (Å²) in [6.45, 7) is 3.08. The second kappa shape index (κ2) is 6.99. The van der Waals surface area contributed by atoms with Crippen LogP contribution in [0.25, 0.3) is 11.1 Å². The zero-order chi connectivity index (χ0) is 17.2. The minimum Gasteiger partial charge on any atom is -0.340 e. The number of benzene rings is 1. The van der Waals surface area contributed by atoms with Gasteiger partial charge in [0.1, 0.15) is 0 Å². The van der Waals surface area contributed by atoms with E-state index in [4.69, 9.17) is 0 Å². The van der Waals surface area contributed by atoms with Crippen LogP contribution in [0.3, 0.4) is 0 Å². The predicted octanol–water partition coefficient (Wildman–Crippen LogP) is 4.57. The molecule has 0 unspecified atom stereocenters. The molecule has 2 aromatic rings. The summed E-state index contributed by atoms with van der Waals surface area (Å²) < 4.78 is 0. The summed E-state index contributed by atoms with van der Waals surface area (Å²) in [5.41, 5.74) is 4.63. The first-order chi connectivity index (χ1) is 12.2. The molecule has 1 saturated heterocycles. The minimum absolute atomic E-state index is 0.260. The van der Waals surface area contributed by atoms with Gasteiger partial charge in [-0.05, 0) is 56.2 Å². The number of carbonyl (C=O) groups is 1. The zero-order valence-corrected chi connectivity index (χ0v) is 14.9. The first-order valence-electron chi connectivity index (χ1n) is 9.55. The number of aromatic nitrogens is 1. The molecule has 0 bridgehead atoms. The van der Waals surface area contributed by atoms with E-state index >= 15 is 0 Å². The number of pyridine rings is 1. The number of likely N-dealkylation sites (tertiary alicyclic amines) is 1. The van der Waals surface area contributed by atoms with Crippen LogP contribution in [0.5, 0.6) is 0 Å². The molecule has 130 valence electrons. The van der Waals surface area contributed by atoms with Gasteiger partial charge < -0.3 is 4.90 Å². The Kier molecular flexibility index (Phi) is 4.56. The van der Waals surface area contributed by atoms with Gasteiger partial charge >= 0.3 is 0 Å². The van der Waals surface area contributed by atoms with E-state index in [1.807, 2.05) is 6.20 Å². The molecule has 2 aliphatic rings. The molecular formula is C22H26N2O. The largest absolute Gasteiger partial charge is 0.340 e. The quantitative estimate of drug-likeness (QED) is 0.820. The lowest BCUT2D eigenvalue weighted by molar-refractivity contribution is -0.133. The molecule has 1 aliphatic heterocycles. The fourth-order valence-electron chi connectivity index (χ4n) is 3.76. The van der Waals surface area contributed by atoms with Crippen LogP contribution >= 0.6 is 0 Å². The summed E-state index contributed by atoms with van der Waals surface area (Å²) in [5, 5.41) is 0. The lowest BCUT2D eigenvalue weighted by atomic mass is 10.0. The van der Waals surface area contributed by atoms with E-state index < -0.39 is 0 Å². The van der Waals surface area contributed by atoms with E-state index in [0.29, 0.717) is 18.4 Å². The molecule has 1 aliphatic carbocycles. The Morgan fingerprint density at radius 1 is 1.04 bits per heavy atom. The second-order valence-electron chi connectivity index (χ2n) is 7.55. The lowest BCUT2D eigenvalue weighted by Crippen LogP contribution is -2.42. The van der Waals surface area contributed by atoms with E-state index in [0.717, 1.165) is 36.1 Å². The third-order valence-corrected chi connectivity index (χ3v) is 5.55. The van der Waals surface area contributed by atoms with E-state index in [9.17, 15) is 4.79 Å². The minimum atomic E-state index is 0.260. The highest BCUT2D eigenvalue weighted by Gasteiger charge is 2.25. The SMILES string of the molecule is C[C@H]1CCCCN1C(=O)Cc1ccc(-c2ccc(C3CC3)nc2)cc1. The number of rotatable bonds is 4. The Bertz CT molecular complexity index is 732. The molecule has 0 N–H and O–H groups in total. The molecule has 25 heavy (non-hydrogen) atoms. The smallest absolute Gasteiger partial charge is 0.227 e. The maximum atomic E-state index is 12.6. The van der Waals surface area contributed by atoms with Crippen molar-refractivity contribution in [3.63, 3.8) is 0 Å². The molecule has 1 aromatic heterocycles. The van der Waals surface area contributed by atoms with Crippen LogP contribution in [-0.2, 0) is 11.2 Å². The number of nitrogens with zero attached hydrogens (tertiary/aromatic N) is 2. The summed E-state index contributed by atoms with van der Waals surface area (Å²) >= 11 is 0. The average molecular weight is 334 g/mol. The molecule has 3 nitrogen and oxygen atoms in total. The third-order valence-electron chi connectivity index (χ3n) is 5.55. The van der Waals surface area contributed by atoms with Crippen molar-refractivity contribution in [2.45, 2.75) is 57.4 Å². The highest BCUT2D eigenvalue weighted by Crippen LogP contribution is 2.39. The summed E-state index contributed by atoms with van der Waals surface area (Å²) in [6.07, 6.45) is 8.56. The Labute approximate surface area is 150 Å². The summed E-state index contributed by atoms with van der Waals surface area (Å²) in [4.78, 5) is 19.2. The summed E-state index contributed by atoms with van der Waals surface area (Å²) in [5.74, 6) is 0.954. The normalized spacial score (nSPS) is 20.5. The van der Waals surface area contributed by atoms with Crippen molar-refractivity contribution in [3.8, 4) is 11.1 Å². The molecule has 1 amide bonds. The topological polar surface area (TPSA) is 33.2 Å². The Balaban J connectivity index is 1.41. The molecular weight excluding hydrogens is 308 g/mol. The van der Waals surface area contributed by atoms with E-state index in [-0.39, 0.29) is 5.91 Å². The average Bonchev–Trinajstić information content (AvgIpc) is 3.48. The lowest BCUT2D eigenvalue weighted by Gasteiger charge is -2.33. The van der Waals surface area contributed by atoms with Crippen molar-refractivity contribution in [3.05, 3.63) is 53.9 Å². The monoisotopic (exact) mass is 334 g/mol. The number of hydrogen-bond donors (Lipinski definition) is 0. The fraction of sp³-hybridized carbons (Fsp3) is 0.455. The fourth-order valence-corrected chi connectivity index (χ4v) is 3.76. The van der Waals surface area contributed by atoms with Gasteiger partial charge in [0.2, 0.25) is 5.91 Å². The number of piperidine rings is 1. The van der Waals surface area contributed by atoms with Crippen molar-refractivity contribution < 1.29 is 4.79 Å². The molecule has 2 fully saturated rings. The van der Waals surface area contributed by atoms with E-state index in [2.05, 4.69) is 53.2 Å². The molecule has 1 atom stereocenters. The van der Waals surface area contributed by atoms with Gasteiger partial charge in [-0.1, -0.05) is 30.3 Å². The predicted molar refractivity (Wildman–Crippen MR) is 100 cm³/mol. The summed E-state index contributed by atoms with van der Waals surface area (Å²) in [7, 11) is 0. The number of hydrogen-bond acceptors (Lipinski definition) is 2. The van der Waals surface area contributed by atoms with Crippen LogP contribution < -0.4 is 0 Å². The highest BCUT2D eigenvalue weighted by atomic mass is 16.2. The maximum absolute atomic E-state index is 12.6. The van der Waals surface area contributed by atoms with Gasteiger partial charge in [-0.2, -0.15) is 0 Å². The van der Waals surface area contributed by atoms with Crippen molar-refractivity contribution in [1.82, 2.24) is 9.88 Å². The van der Waals surface area contributed by atoms with Crippen molar-refractivity contribution >= 4 is 5.91 Å². The van der Waals surface area contributed by atoms with Crippen LogP contribution in [-0.4, -0.2) is 28.4 Å². The molecule has 3 heteroatoms. The van der Waals surface area contributed by atoms with Crippen LogP contribution in [0.15, 0.2) is 42.6 Å². The number of carbonyl (C=O) groups excluding carboxylic acids is 1. The third kappa shape index (κ3) is 3.76. The molecule has 2 heterocycles. The summed E-state index contributed by atoms with van der Waals surface area (Å²) in [6, 6.07) is 13.1. The second-order valence-corrected chi connectivity index (χ2v) is 7.55. The highest BCUT2D eigenvalue weighted by molar-refractivity contribution is 5.79. The Morgan fingerprint density at radius 3 is 2.44 bits per heavy atom. The number of amides is 1. The maximum Gasteiger partial charge on any atom is 0.227 e. The standard InChI is InChI=1S/C22H26N2O/c1-16-4-2-3-13-24(16)22(25)14-17-5-7-18(8-6-17)20-11-12-21(23-15-20)19-9-10-19/h5-8,11-12,15-16,19H,2-4,9-10,13-14H2,1H3/t16-/m0/s1. The van der Waals surface area contributed by atoms with E-state index in [1.165, 1.54) is 25.0 Å². The molecule has 0 radical (unpaired) electrons. The van der Waals surface area contributed by atoms with Gasteiger partial charge in [0.05, 0.1) is 6.42 Å². The van der Waals surface area contributed by atoms with Gasteiger partial charge in [-0.25, -0.2) is 0 Å². The first kappa shape index (κ1) is 16.3. The van der Waals surface area contributed by atoms with Crippen LogP contribution in [0.2, 0.25) is 0 Å². The first-order valence-corrected chi connectivity index (χ1v) is 9.55. The van der Waals surface area contributed by atoms with Crippen LogP contribution in [0.1, 0.15) is 56.2 Å². The van der Waals surface area contributed by atoms with Gasteiger partial charge in [-0.3, -0.25) is 9.78 Å². The molecule has 1 saturated carbocycles. The van der Waals surface area contributed by atoms with Crippen molar-refractivity contribution in [1.29, 1.82) is 0 Å². The van der Waals surface area contributed by atoms with Crippen LogP contribution in [0.4, 0.5) is 0 Å². The van der Waals surface area contributed by atoms with E-state index in [1.54, 1.807) is 0 Å². The van der Waals surface area contributed by atoms with Crippen LogP contribution in [0, 0.1) is 0 Å². The Morgan fingerprint density at radius 2 is 1.80 bits per heavy atom. The van der Waals surface area contributed by atoms with Gasteiger partial charge in [0.15, 0.2) is 0 Å². The van der Waals surface area contributed by atoms with Gasteiger partial charge in [0, 0.05) is 36.0 Å². The molecule has 1 aromatic carbocycles. The van der Waals surface area contributed by atoms with Gasteiger partial charge in [-0.15, -0.1) is 0 Å². The molecule has 4 rings (SSSR count). The van der Waals surface area contributed by atoms with Crippen molar-refractivity contribution in [2.75, 3.05) is 6.54 Å². The Hall–Kier alpha value is -2.16. The van der Waals surface area contributed by atoms with Gasteiger partial charge in [0.25, 0.3) is 0 Å². The zero-order valence-electron chi connectivity index (χ0n) is 14.9. The molecule has 0 spiro atoms.